The van der Waals surface area contributed by atoms with E-state index in [0.717, 1.165) is 47.0 Å². The number of carbonyl (C=O) groups is 6. The number of nitrogens with one attached hydrogen (secondary N) is 7. The second kappa shape index (κ2) is 19.9. The molecule has 0 unspecified atom stereocenters. The van der Waals surface area contributed by atoms with Gasteiger partial charge in [-0.05, 0) is 80.2 Å². The zero-order chi connectivity index (χ0) is 43.8. The zero-order valence-electron chi connectivity index (χ0n) is 35.9. The third-order valence-electron chi connectivity index (χ3n) is 11.5. The van der Waals surface area contributed by atoms with Crippen molar-refractivity contribution in [2.24, 2.45) is 11.8 Å². The molecule has 7 N–H and O–H groups in total. The summed E-state index contributed by atoms with van der Waals surface area (Å²) < 4.78 is 5.30. The second-order valence-corrected chi connectivity index (χ2v) is 17.0. The minimum Gasteiger partial charge on any atom is -0.497 e. The smallest absolute Gasteiger partial charge is 0.275 e. The summed E-state index contributed by atoms with van der Waals surface area (Å²) in [7, 11) is 1.55. The number of nitrogens with zero attached hydrogens (tertiary/aromatic N) is 2. The lowest BCUT2D eigenvalue weighted by Gasteiger charge is -2.32. The maximum absolute atomic E-state index is 14.5. The van der Waals surface area contributed by atoms with Gasteiger partial charge in [-0.3, -0.25) is 33.9 Å². The van der Waals surface area contributed by atoms with Gasteiger partial charge in [0.2, 0.25) is 29.5 Å². The van der Waals surface area contributed by atoms with Crippen LogP contribution in [0.3, 0.4) is 0 Å². The third kappa shape index (κ3) is 11.2. The van der Waals surface area contributed by atoms with E-state index in [2.05, 4.69) is 41.8 Å². The van der Waals surface area contributed by atoms with E-state index in [0.29, 0.717) is 17.7 Å². The fourth-order valence-corrected chi connectivity index (χ4v) is 7.97. The van der Waals surface area contributed by atoms with E-state index in [1.165, 1.54) is 11.8 Å². The number of amides is 6. The summed E-state index contributed by atoms with van der Waals surface area (Å²) in [5, 5.41) is 22.7. The summed E-state index contributed by atoms with van der Waals surface area (Å²) in [6.45, 7) is 8.60. The van der Waals surface area contributed by atoms with E-state index in [-0.39, 0.29) is 43.3 Å². The Morgan fingerprint density at radius 1 is 0.803 bits per heavy atom. The van der Waals surface area contributed by atoms with Crippen LogP contribution in [0.15, 0.2) is 54.7 Å². The van der Waals surface area contributed by atoms with Crippen molar-refractivity contribution >= 4 is 46.3 Å². The van der Waals surface area contributed by atoms with Gasteiger partial charge >= 0.3 is 0 Å². The van der Waals surface area contributed by atoms with Crippen molar-refractivity contribution in [3.8, 4) is 5.75 Å². The Morgan fingerprint density at radius 2 is 1.48 bits per heavy atom. The Hall–Kier alpha value is -6.19. The third-order valence-corrected chi connectivity index (χ3v) is 11.5. The molecule has 6 amide bonds. The van der Waals surface area contributed by atoms with Crippen LogP contribution >= 0.6 is 0 Å². The van der Waals surface area contributed by atoms with Gasteiger partial charge in [0.15, 0.2) is 5.69 Å². The molecule has 2 aliphatic rings. The molecule has 1 aliphatic heterocycles. The van der Waals surface area contributed by atoms with Gasteiger partial charge in [0.25, 0.3) is 5.91 Å². The number of para-hydroxylation sites is 1. The largest absolute Gasteiger partial charge is 0.497 e. The van der Waals surface area contributed by atoms with Crippen LogP contribution in [-0.4, -0.2) is 106 Å². The lowest BCUT2D eigenvalue weighted by Crippen LogP contribution is -2.60. The predicted molar refractivity (Wildman–Crippen MR) is 229 cm³/mol. The van der Waals surface area contributed by atoms with Crippen molar-refractivity contribution in [1.82, 2.24) is 46.7 Å². The zero-order valence-corrected chi connectivity index (χ0v) is 35.9. The van der Waals surface area contributed by atoms with Crippen molar-refractivity contribution in [3.63, 3.8) is 0 Å². The highest BCUT2D eigenvalue weighted by atomic mass is 16.5. The molecule has 61 heavy (non-hydrogen) atoms. The standard InChI is InChI=1S/C45H59N9O7/c1-25(2)19-35-43(58)50-36(20-28-15-17-30(61-6)18-16-28)42(57)47-27(5)41(56)51-38(26(3)4)23-54(45(60)40-32-12-8-10-14-34(32)52-53-40)24-39(55)48-37(44(59)49-35)21-29-22-46-33-13-9-7-11-31(29)33/h7,9,11,13,15-18,22,25-27,35-38,46H,8,10,12,14,19-21,23-24H2,1-6H3,(H,47,57)(H,48,55)(H,49,59)(H,50,58)(H,51,56)(H,52,53)/t27-,35+,36+,37-,38-/m1/s1. The first-order chi connectivity index (χ1) is 29.2. The van der Waals surface area contributed by atoms with Gasteiger partial charge in [0.05, 0.1) is 13.7 Å². The van der Waals surface area contributed by atoms with Crippen LogP contribution in [0.2, 0.25) is 0 Å². The molecule has 1 fully saturated rings. The molecule has 0 saturated carbocycles. The van der Waals surface area contributed by atoms with Crippen LogP contribution in [0.25, 0.3) is 10.9 Å². The summed E-state index contributed by atoms with van der Waals surface area (Å²) >= 11 is 0. The minimum atomic E-state index is -1.18. The van der Waals surface area contributed by atoms with Gasteiger partial charge in [-0.2, -0.15) is 5.10 Å². The molecule has 16 nitrogen and oxygen atoms in total. The average Bonchev–Trinajstić information content (AvgIpc) is 3.86. The molecule has 0 spiro atoms. The number of benzene rings is 2. The molecule has 6 rings (SSSR count). The molecule has 0 radical (unpaired) electrons. The van der Waals surface area contributed by atoms with Crippen LogP contribution in [0.1, 0.15) is 86.8 Å². The fraction of sp³-hybridized carbons (Fsp3) is 0.489. The molecule has 5 atom stereocenters. The summed E-state index contributed by atoms with van der Waals surface area (Å²) in [5.74, 6) is -3.10. The van der Waals surface area contributed by atoms with Crippen LogP contribution in [0.4, 0.5) is 0 Å². The first kappa shape index (κ1) is 44.4. The highest BCUT2D eigenvalue weighted by Crippen LogP contribution is 2.24. The number of methoxy groups -OCH3 is 1. The SMILES string of the molecule is COc1ccc(C[C@@H]2NC(=O)[C@H](CC(C)C)NC(=O)[C@@H](Cc3c[nH]c4ccccc34)NC(=O)CN(C(=O)c3n[nH]c4c3CCCC4)C[C@H](C(C)C)NC(=O)[C@@H](C)NC2=O)cc1. The van der Waals surface area contributed by atoms with E-state index in [9.17, 15) is 28.8 Å². The number of H-pyrrole nitrogens is 2. The highest BCUT2D eigenvalue weighted by molar-refractivity contribution is 5.99. The van der Waals surface area contributed by atoms with Gasteiger partial charge in [-0.1, -0.05) is 58.0 Å². The number of hydrogen-bond acceptors (Lipinski definition) is 8. The average molecular weight is 838 g/mol. The number of aryl methyl sites for hydroxylation is 1. The number of hydrogen-bond donors (Lipinski definition) is 7. The van der Waals surface area contributed by atoms with Crippen molar-refractivity contribution < 1.29 is 33.5 Å². The predicted octanol–water partition coefficient (Wildman–Crippen LogP) is 2.87. The summed E-state index contributed by atoms with van der Waals surface area (Å²) in [6, 6.07) is 9.52. The maximum atomic E-state index is 14.5. The summed E-state index contributed by atoms with van der Waals surface area (Å²) in [4.78, 5) is 90.0. The van der Waals surface area contributed by atoms with Crippen molar-refractivity contribution in [2.45, 2.75) is 110 Å². The first-order valence-corrected chi connectivity index (χ1v) is 21.2. The van der Waals surface area contributed by atoms with E-state index in [1.54, 1.807) is 37.6 Å². The number of aromatic nitrogens is 3. The van der Waals surface area contributed by atoms with Crippen LogP contribution < -0.4 is 31.3 Å². The summed E-state index contributed by atoms with van der Waals surface area (Å²) in [6.07, 6.45) is 5.40. The molecule has 2 aromatic heterocycles. The van der Waals surface area contributed by atoms with Crippen molar-refractivity contribution in [1.29, 1.82) is 0 Å². The lowest BCUT2D eigenvalue weighted by atomic mass is 9.95. The van der Waals surface area contributed by atoms with Crippen LogP contribution in [-0.2, 0) is 49.7 Å². The Labute approximate surface area is 356 Å². The lowest BCUT2D eigenvalue weighted by molar-refractivity contribution is -0.135. The molecule has 0 bridgehead atoms. The van der Waals surface area contributed by atoms with Crippen molar-refractivity contribution in [2.75, 3.05) is 20.2 Å². The normalized spacial score (nSPS) is 22.4. The van der Waals surface area contributed by atoms with Gasteiger partial charge < -0.3 is 41.2 Å². The fourth-order valence-electron chi connectivity index (χ4n) is 7.97. The number of aromatic amines is 2. The van der Waals surface area contributed by atoms with E-state index >= 15 is 0 Å². The van der Waals surface area contributed by atoms with Gasteiger partial charge in [0, 0.05) is 53.8 Å². The molecule has 3 heterocycles. The van der Waals surface area contributed by atoms with Gasteiger partial charge in [0.1, 0.15) is 29.9 Å². The molecule has 16 heteroatoms. The Bertz CT molecular complexity index is 2210. The Balaban J connectivity index is 1.38. The summed E-state index contributed by atoms with van der Waals surface area (Å²) in [5.41, 5.74) is 4.24. The number of ether oxygens (including phenoxy) is 1. The molecule has 1 aliphatic carbocycles. The topological polar surface area (TPSA) is 220 Å². The first-order valence-electron chi connectivity index (χ1n) is 21.2. The highest BCUT2D eigenvalue weighted by Gasteiger charge is 2.35. The van der Waals surface area contributed by atoms with E-state index < -0.39 is 72.2 Å². The monoisotopic (exact) mass is 837 g/mol. The van der Waals surface area contributed by atoms with Gasteiger partial charge in [-0.25, -0.2) is 0 Å². The molecule has 1 saturated heterocycles. The second-order valence-electron chi connectivity index (χ2n) is 17.0. The molecule has 2 aromatic carbocycles. The number of fused-ring (bicyclic) bond motifs is 2. The van der Waals surface area contributed by atoms with Gasteiger partial charge in [-0.15, -0.1) is 0 Å². The number of rotatable bonds is 9. The molecule has 4 aromatic rings. The molecular formula is C45H59N9O7. The quantitative estimate of drug-likeness (QED) is 0.133. The minimum absolute atomic E-state index is 0.0590. The Kier molecular flexibility index (Phi) is 14.5. The Morgan fingerprint density at radius 3 is 2.20 bits per heavy atom. The van der Waals surface area contributed by atoms with E-state index in [1.807, 2.05) is 52.0 Å². The molecular weight excluding hydrogens is 779 g/mol. The number of carbonyl (C=O) groups excluding carboxylic acids is 6. The van der Waals surface area contributed by atoms with Crippen molar-refractivity contribution in [3.05, 3.63) is 82.8 Å². The maximum Gasteiger partial charge on any atom is 0.275 e. The van der Waals surface area contributed by atoms with Crippen LogP contribution in [0.5, 0.6) is 5.75 Å². The van der Waals surface area contributed by atoms with Crippen LogP contribution in [0, 0.1) is 11.8 Å². The van der Waals surface area contributed by atoms with E-state index in [4.69, 9.17) is 4.74 Å². The molecule has 326 valence electrons.